The first-order valence-electron chi connectivity index (χ1n) is 11.2. The Labute approximate surface area is 194 Å². The summed E-state index contributed by atoms with van der Waals surface area (Å²) in [5.74, 6) is 0. The number of hydrogen-bond donors (Lipinski definition) is 0. The lowest BCUT2D eigenvalue weighted by molar-refractivity contribution is 1.18. The van der Waals surface area contributed by atoms with E-state index in [-0.39, 0.29) is 0 Å². The normalized spacial score (nSPS) is 12.4. The van der Waals surface area contributed by atoms with E-state index in [9.17, 15) is 0 Å². The first-order valence-corrected chi connectivity index (χ1v) is 11.5. The third-order valence-corrected chi connectivity index (χ3v) is 7.32. The molecule has 0 radical (unpaired) electrons. The lowest BCUT2D eigenvalue weighted by Gasteiger charge is -2.07. The largest absolute Gasteiger partial charge is 0.309 e. The van der Waals surface area contributed by atoms with Gasteiger partial charge in [-0.3, -0.25) is 0 Å². The molecule has 0 unspecified atom stereocenters. The van der Waals surface area contributed by atoms with Crippen molar-refractivity contribution in [3.05, 3.63) is 108 Å². The van der Waals surface area contributed by atoms with Gasteiger partial charge in [0.15, 0.2) is 0 Å². The van der Waals surface area contributed by atoms with Crippen molar-refractivity contribution in [2.45, 2.75) is 0 Å². The highest BCUT2D eigenvalue weighted by atomic mass is 35.5. The Morgan fingerprint density at radius 2 is 1.15 bits per heavy atom. The molecule has 154 valence electrons. The number of fused-ring (bicyclic) bond motifs is 9. The second-order valence-electron chi connectivity index (χ2n) is 8.77. The summed E-state index contributed by atoms with van der Waals surface area (Å²) in [6.07, 6.45) is 0. The quantitative estimate of drug-likeness (QED) is 0.242. The molecule has 0 atom stereocenters. The third kappa shape index (κ3) is 2.14. The molecule has 5 aromatic carbocycles. The molecular formula is C30H17ClN2. The summed E-state index contributed by atoms with van der Waals surface area (Å²) in [5.41, 5.74) is 7.32. The van der Waals surface area contributed by atoms with E-state index in [1.165, 1.54) is 65.6 Å². The summed E-state index contributed by atoms with van der Waals surface area (Å²) in [4.78, 5) is 0. The number of para-hydroxylation sites is 3. The summed E-state index contributed by atoms with van der Waals surface area (Å²) >= 11 is 6.39. The average molecular weight is 441 g/mol. The van der Waals surface area contributed by atoms with Gasteiger partial charge in [0.1, 0.15) is 0 Å². The molecule has 3 heterocycles. The van der Waals surface area contributed by atoms with Crippen molar-refractivity contribution in [3.8, 4) is 5.69 Å². The highest BCUT2D eigenvalue weighted by molar-refractivity contribution is 6.33. The third-order valence-electron chi connectivity index (χ3n) is 7.08. The number of benzene rings is 5. The van der Waals surface area contributed by atoms with Crippen molar-refractivity contribution < 1.29 is 0 Å². The zero-order chi connectivity index (χ0) is 21.7. The molecule has 0 aliphatic carbocycles. The average Bonchev–Trinajstić information content (AvgIpc) is 3.47. The van der Waals surface area contributed by atoms with Gasteiger partial charge in [0, 0.05) is 43.0 Å². The van der Waals surface area contributed by atoms with Gasteiger partial charge in [-0.15, -0.1) is 0 Å². The van der Waals surface area contributed by atoms with Crippen molar-refractivity contribution >= 4 is 71.5 Å². The molecule has 8 rings (SSSR count). The molecule has 2 nitrogen and oxygen atoms in total. The van der Waals surface area contributed by atoms with E-state index in [4.69, 9.17) is 11.6 Å². The van der Waals surface area contributed by atoms with Crippen LogP contribution in [0, 0.1) is 0 Å². The summed E-state index contributed by atoms with van der Waals surface area (Å²) in [6.45, 7) is 0. The highest BCUT2D eigenvalue weighted by Gasteiger charge is 2.20. The Kier molecular flexibility index (Phi) is 3.22. The number of rotatable bonds is 1. The van der Waals surface area contributed by atoms with Crippen LogP contribution in [0.5, 0.6) is 0 Å². The molecule has 0 aliphatic heterocycles. The lowest BCUT2D eigenvalue weighted by Crippen LogP contribution is -1.93. The van der Waals surface area contributed by atoms with Gasteiger partial charge in [-0.25, -0.2) is 0 Å². The summed E-state index contributed by atoms with van der Waals surface area (Å²) in [7, 11) is 0. The van der Waals surface area contributed by atoms with Crippen molar-refractivity contribution in [2.75, 3.05) is 0 Å². The molecule has 0 fully saturated rings. The van der Waals surface area contributed by atoms with E-state index in [1.807, 2.05) is 6.07 Å². The van der Waals surface area contributed by atoms with E-state index >= 15 is 0 Å². The predicted molar refractivity (Wildman–Crippen MR) is 140 cm³/mol. The maximum atomic E-state index is 6.39. The highest BCUT2D eigenvalue weighted by Crippen LogP contribution is 2.42. The summed E-state index contributed by atoms with van der Waals surface area (Å²) in [6, 6.07) is 36.9. The smallest absolute Gasteiger partial charge is 0.0620 e. The molecular weight excluding hydrogens is 424 g/mol. The number of nitrogens with zero attached hydrogens (tertiary/aromatic N) is 2. The van der Waals surface area contributed by atoms with Gasteiger partial charge in [-0.1, -0.05) is 66.2 Å². The molecule has 3 aromatic heterocycles. The van der Waals surface area contributed by atoms with Crippen molar-refractivity contribution in [1.82, 2.24) is 8.97 Å². The Hall–Kier alpha value is -4.01. The Balaban J connectivity index is 1.65. The second-order valence-corrected chi connectivity index (χ2v) is 9.21. The zero-order valence-electron chi connectivity index (χ0n) is 17.6. The number of hydrogen-bond acceptors (Lipinski definition) is 0. The van der Waals surface area contributed by atoms with Crippen LogP contribution >= 0.6 is 11.6 Å². The predicted octanol–water partition coefficient (Wildman–Crippen LogP) is 8.59. The van der Waals surface area contributed by atoms with Gasteiger partial charge in [0.05, 0.1) is 27.6 Å². The van der Waals surface area contributed by atoms with Gasteiger partial charge in [-0.2, -0.15) is 0 Å². The van der Waals surface area contributed by atoms with Gasteiger partial charge in [0.2, 0.25) is 0 Å². The van der Waals surface area contributed by atoms with Crippen LogP contribution in [0.25, 0.3) is 65.6 Å². The van der Waals surface area contributed by atoms with Crippen LogP contribution in [-0.2, 0) is 0 Å². The topological polar surface area (TPSA) is 9.34 Å². The van der Waals surface area contributed by atoms with Gasteiger partial charge < -0.3 is 8.97 Å². The maximum Gasteiger partial charge on any atom is 0.0620 e. The molecule has 3 heteroatoms. The van der Waals surface area contributed by atoms with E-state index in [2.05, 4.69) is 106 Å². The van der Waals surface area contributed by atoms with Crippen molar-refractivity contribution in [2.24, 2.45) is 0 Å². The van der Waals surface area contributed by atoms with E-state index in [1.54, 1.807) is 0 Å². The Morgan fingerprint density at radius 3 is 2.00 bits per heavy atom. The lowest BCUT2D eigenvalue weighted by atomic mass is 10.1. The fraction of sp³-hybridized carbons (Fsp3) is 0. The van der Waals surface area contributed by atoms with Gasteiger partial charge in [0.25, 0.3) is 0 Å². The van der Waals surface area contributed by atoms with Crippen LogP contribution < -0.4 is 0 Å². The van der Waals surface area contributed by atoms with E-state index in [0.717, 1.165) is 5.02 Å². The molecule has 0 bridgehead atoms. The minimum Gasteiger partial charge on any atom is -0.309 e. The second kappa shape index (κ2) is 6.06. The Morgan fingerprint density at radius 1 is 0.455 bits per heavy atom. The van der Waals surface area contributed by atoms with E-state index in [0.29, 0.717) is 0 Å². The van der Waals surface area contributed by atoms with Gasteiger partial charge >= 0.3 is 0 Å². The summed E-state index contributed by atoms with van der Waals surface area (Å²) < 4.78 is 4.80. The summed E-state index contributed by atoms with van der Waals surface area (Å²) in [5, 5.41) is 8.36. The van der Waals surface area contributed by atoms with Gasteiger partial charge in [-0.05, 0) is 48.5 Å². The SMILES string of the molecule is Clc1ccc2c(c1)c1cccc3c4cc5c6ccccc6n(-c6ccccc6)c5cc4n2c13. The standard InChI is InChI=1S/C30H17ClN2/c31-18-13-14-27-23(15-18)21-10-6-11-22-25-16-24-20-9-4-5-12-26(20)32(19-7-2-1-3-8-19)28(24)17-29(25)33(27)30(21)22/h1-17H. The van der Waals surface area contributed by atoms with E-state index < -0.39 is 0 Å². The van der Waals surface area contributed by atoms with Crippen LogP contribution in [0.15, 0.2) is 103 Å². The number of aromatic nitrogens is 2. The fourth-order valence-corrected chi connectivity index (χ4v) is 5.94. The monoisotopic (exact) mass is 440 g/mol. The minimum absolute atomic E-state index is 0.771. The van der Waals surface area contributed by atoms with Crippen LogP contribution in [0.1, 0.15) is 0 Å². The van der Waals surface area contributed by atoms with Crippen molar-refractivity contribution in [1.29, 1.82) is 0 Å². The van der Waals surface area contributed by atoms with Crippen molar-refractivity contribution in [3.63, 3.8) is 0 Å². The Bertz CT molecular complexity index is 2030. The molecule has 0 aliphatic rings. The molecule has 0 saturated heterocycles. The molecule has 0 amide bonds. The van der Waals surface area contributed by atoms with Crippen LogP contribution in [0.3, 0.4) is 0 Å². The minimum atomic E-state index is 0.771. The number of halogens is 1. The van der Waals surface area contributed by atoms with Crippen LogP contribution in [-0.4, -0.2) is 8.97 Å². The van der Waals surface area contributed by atoms with Crippen LogP contribution in [0.2, 0.25) is 5.02 Å². The molecule has 33 heavy (non-hydrogen) atoms. The molecule has 8 aromatic rings. The van der Waals surface area contributed by atoms with Crippen LogP contribution in [0.4, 0.5) is 0 Å². The molecule has 0 saturated carbocycles. The fourth-order valence-electron chi connectivity index (χ4n) is 5.77. The first kappa shape index (κ1) is 17.5. The molecule has 0 spiro atoms. The molecule has 0 N–H and O–H groups in total. The maximum absolute atomic E-state index is 6.39. The first-order chi connectivity index (χ1) is 16.3. The zero-order valence-corrected chi connectivity index (χ0v) is 18.3.